The summed E-state index contributed by atoms with van der Waals surface area (Å²) in [7, 11) is 0. The summed E-state index contributed by atoms with van der Waals surface area (Å²) in [6.45, 7) is 1.65. The van der Waals surface area contributed by atoms with Crippen molar-refractivity contribution in [3.8, 4) is 0 Å². The Balaban J connectivity index is 2.78. The number of hydrogen-bond acceptors (Lipinski definition) is 3. The maximum absolute atomic E-state index is 11.0. The van der Waals surface area contributed by atoms with Gasteiger partial charge in [-0.2, -0.15) is 0 Å². The van der Waals surface area contributed by atoms with E-state index in [-0.39, 0.29) is 5.78 Å². The summed E-state index contributed by atoms with van der Waals surface area (Å²) in [5, 5.41) is 0. The Morgan fingerprint density at radius 2 is 2.50 bits per heavy atom. The molecule has 1 heterocycles. The third-order valence-electron chi connectivity index (χ3n) is 1.22. The molecule has 0 aliphatic heterocycles. The quantitative estimate of drug-likeness (QED) is 0.617. The van der Waals surface area contributed by atoms with Crippen LogP contribution in [0.4, 0.5) is 0 Å². The Hall–Kier alpha value is -1.09. The zero-order valence-electron chi connectivity index (χ0n) is 5.70. The van der Waals surface area contributed by atoms with Crippen molar-refractivity contribution in [2.75, 3.05) is 0 Å². The minimum atomic E-state index is -0.447. The van der Waals surface area contributed by atoms with Crippen LogP contribution < -0.4 is 5.73 Å². The van der Waals surface area contributed by atoms with Gasteiger partial charge in [0.15, 0.2) is 5.78 Å². The Bertz CT molecular complexity index is 214. The predicted octanol–water partition coefficient (Wildman–Crippen LogP) is 0.810. The number of ketones is 1. The summed E-state index contributed by atoms with van der Waals surface area (Å²) < 4.78 is 4.71. The Morgan fingerprint density at radius 1 is 1.80 bits per heavy atom. The normalized spacial score (nSPS) is 13.0. The molecule has 1 rings (SSSR count). The van der Waals surface area contributed by atoms with E-state index in [9.17, 15) is 4.79 Å². The monoisotopic (exact) mass is 139 g/mol. The van der Waals surface area contributed by atoms with Gasteiger partial charge in [0.1, 0.15) is 6.26 Å². The second-order valence-corrected chi connectivity index (χ2v) is 2.16. The molecule has 0 spiro atoms. The summed E-state index contributed by atoms with van der Waals surface area (Å²) >= 11 is 0. The van der Waals surface area contributed by atoms with E-state index in [0.29, 0.717) is 5.56 Å². The number of hydrogen-bond donors (Lipinski definition) is 1. The fraction of sp³-hybridized carbons (Fsp3) is 0.286. The van der Waals surface area contributed by atoms with Gasteiger partial charge in [-0.1, -0.05) is 0 Å². The average Bonchev–Trinajstić information content (AvgIpc) is 2.36. The van der Waals surface area contributed by atoms with Crippen LogP contribution in [0.15, 0.2) is 23.0 Å². The topological polar surface area (TPSA) is 56.2 Å². The first kappa shape index (κ1) is 7.02. The Kier molecular flexibility index (Phi) is 1.87. The third-order valence-corrected chi connectivity index (χ3v) is 1.22. The zero-order valence-corrected chi connectivity index (χ0v) is 5.70. The number of nitrogens with two attached hydrogens (primary N) is 1. The average molecular weight is 139 g/mol. The van der Waals surface area contributed by atoms with Crippen LogP contribution in [0.2, 0.25) is 0 Å². The minimum Gasteiger partial charge on any atom is -0.472 e. The van der Waals surface area contributed by atoms with Crippen LogP contribution in [0.5, 0.6) is 0 Å². The molecule has 3 heteroatoms. The lowest BCUT2D eigenvalue weighted by molar-refractivity contribution is 0.0967. The highest BCUT2D eigenvalue weighted by atomic mass is 16.3. The van der Waals surface area contributed by atoms with E-state index in [1.54, 1.807) is 13.0 Å². The first-order valence-electron chi connectivity index (χ1n) is 3.04. The number of carbonyl (C=O) groups excluding carboxylic acids is 1. The lowest BCUT2D eigenvalue weighted by Crippen LogP contribution is -2.26. The van der Waals surface area contributed by atoms with Crippen LogP contribution in [-0.4, -0.2) is 11.8 Å². The van der Waals surface area contributed by atoms with Gasteiger partial charge in [0.25, 0.3) is 0 Å². The summed E-state index contributed by atoms with van der Waals surface area (Å²) in [4.78, 5) is 11.0. The summed E-state index contributed by atoms with van der Waals surface area (Å²) in [6.07, 6.45) is 2.85. The van der Waals surface area contributed by atoms with Gasteiger partial charge in [0.2, 0.25) is 0 Å². The van der Waals surface area contributed by atoms with Crippen molar-refractivity contribution in [1.82, 2.24) is 0 Å². The molecule has 3 nitrogen and oxygen atoms in total. The summed E-state index contributed by atoms with van der Waals surface area (Å²) in [5.74, 6) is -0.0891. The highest BCUT2D eigenvalue weighted by molar-refractivity contribution is 5.99. The fourth-order valence-electron chi connectivity index (χ4n) is 0.668. The molecule has 0 aromatic carbocycles. The van der Waals surface area contributed by atoms with Crippen LogP contribution in [0.1, 0.15) is 17.3 Å². The van der Waals surface area contributed by atoms with Gasteiger partial charge < -0.3 is 10.2 Å². The first-order chi connectivity index (χ1) is 4.72. The van der Waals surface area contributed by atoms with Crippen LogP contribution in [0.3, 0.4) is 0 Å². The van der Waals surface area contributed by atoms with Crippen molar-refractivity contribution in [3.05, 3.63) is 24.2 Å². The van der Waals surface area contributed by atoms with Crippen molar-refractivity contribution < 1.29 is 9.21 Å². The van der Waals surface area contributed by atoms with E-state index in [1.165, 1.54) is 12.5 Å². The van der Waals surface area contributed by atoms with Gasteiger partial charge in [-0.05, 0) is 13.0 Å². The van der Waals surface area contributed by atoms with Crippen molar-refractivity contribution in [3.63, 3.8) is 0 Å². The van der Waals surface area contributed by atoms with E-state index < -0.39 is 6.04 Å². The van der Waals surface area contributed by atoms with Gasteiger partial charge in [-0.15, -0.1) is 0 Å². The Labute approximate surface area is 58.8 Å². The number of furan rings is 1. The van der Waals surface area contributed by atoms with Crippen LogP contribution in [-0.2, 0) is 0 Å². The second kappa shape index (κ2) is 2.66. The molecule has 0 saturated heterocycles. The molecule has 0 saturated carbocycles. The Morgan fingerprint density at radius 3 is 2.90 bits per heavy atom. The summed E-state index contributed by atoms with van der Waals surface area (Å²) in [6, 6.07) is 1.16. The number of rotatable bonds is 2. The fourth-order valence-corrected chi connectivity index (χ4v) is 0.668. The van der Waals surface area contributed by atoms with Gasteiger partial charge in [0, 0.05) is 0 Å². The lowest BCUT2D eigenvalue weighted by Gasteiger charge is -1.98. The van der Waals surface area contributed by atoms with E-state index in [0.717, 1.165) is 0 Å². The molecule has 1 aromatic rings. The van der Waals surface area contributed by atoms with Gasteiger partial charge >= 0.3 is 0 Å². The van der Waals surface area contributed by atoms with E-state index >= 15 is 0 Å². The minimum absolute atomic E-state index is 0.0891. The standard InChI is InChI=1S/C7H9NO2/c1-5(8)7(9)6-2-3-10-4-6/h2-5H,8H2,1H3/t5-/m1/s1. The van der Waals surface area contributed by atoms with Crippen molar-refractivity contribution in [2.45, 2.75) is 13.0 Å². The van der Waals surface area contributed by atoms with E-state index in [1.807, 2.05) is 0 Å². The molecule has 54 valence electrons. The highest BCUT2D eigenvalue weighted by Gasteiger charge is 2.10. The maximum Gasteiger partial charge on any atom is 0.182 e. The molecule has 0 unspecified atom stereocenters. The first-order valence-corrected chi connectivity index (χ1v) is 3.04. The number of Topliss-reactive ketones (excluding diaryl/α,β-unsaturated/α-hetero) is 1. The molecule has 0 aliphatic carbocycles. The van der Waals surface area contributed by atoms with Crippen LogP contribution in [0, 0.1) is 0 Å². The molecule has 0 bridgehead atoms. The molecule has 0 aliphatic rings. The summed E-state index contributed by atoms with van der Waals surface area (Å²) in [5.41, 5.74) is 5.87. The van der Waals surface area contributed by atoms with Crippen molar-refractivity contribution in [2.24, 2.45) is 5.73 Å². The van der Waals surface area contributed by atoms with E-state index in [2.05, 4.69) is 0 Å². The van der Waals surface area contributed by atoms with Gasteiger partial charge in [-0.25, -0.2) is 0 Å². The molecule has 1 atom stereocenters. The maximum atomic E-state index is 11.0. The molecule has 0 radical (unpaired) electrons. The van der Waals surface area contributed by atoms with Crippen molar-refractivity contribution >= 4 is 5.78 Å². The zero-order chi connectivity index (χ0) is 7.56. The SMILES string of the molecule is C[C@@H](N)C(=O)c1ccoc1. The molecule has 10 heavy (non-hydrogen) atoms. The molecule has 0 fully saturated rings. The third kappa shape index (κ3) is 1.25. The predicted molar refractivity (Wildman–Crippen MR) is 36.7 cm³/mol. The molecule has 2 N–H and O–H groups in total. The van der Waals surface area contributed by atoms with Gasteiger partial charge in [-0.3, -0.25) is 4.79 Å². The lowest BCUT2D eigenvalue weighted by atomic mass is 10.1. The molecule has 1 aromatic heterocycles. The molecular weight excluding hydrogens is 130 g/mol. The van der Waals surface area contributed by atoms with Gasteiger partial charge in [0.05, 0.1) is 17.9 Å². The number of carbonyl (C=O) groups is 1. The molecule has 0 amide bonds. The van der Waals surface area contributed by atoms with Crippen molar-refractivity contribution in [1.29, 1.82) is 0 Å². The second-order valence-electron chi connectivity index (χ2n) is 2.16. The van der Waals surface area contributed by atoms with Crippen LogP contribution >= 0.6 is 0 Å². The van der Waals surface area contributed by atoms with Crippen LogP contribution in [0.25, 0.3) is 0 Å². The largest absolute Gasteiger partial charge is 0.472 e. The highest BCUT2D eigenvalue weighted by Crippen LogP contribution is 2.02. The molecular formula is C7H9NO2. The van der Waals surface area contributed by atoms with E-state index in [4.69, 9.17) is 10.2 Å². The smallest absolute Gasteiger partial charge is 0.182 e.